The molecule has 1 rings (SSSR count). The van der Waals surface area contributed by atoms with Crippen molar-refractivity contribution in [3.8, 4) is 11.5 Å². The van der Waals surface area contributed by atoms with Crippen LogP contribution in [0, 0.1) is 0 Å². The van der Waals surface area contributed by atoms with Gasteiger partial charge >= 0.3 is 0 Å². The molecule has 0 bridgehead atoms. The Bertz CT molecular complexity index is 300. The second kappa shape index (κ2) is 6.72. The summed E-state index contributed by atoms with van der Waals surface area (Å²) < 4.78 is 11.1. The minimum Gasteiger partial charge on any atom is -0.493 e. The zero-order chi connectivity index (χ0) is 11.1. The van der Waals surface area contributed by atoms with Gasteiger partial charge in [0, 0.05) is 17.0 Å². The summed E-state index contributed by atoms with van der Waals surface area (Å²) in [5, 5.41) is 0.802. The van der Waals surface area contributed by atoms with Gasteiger partial charge in [0.05, 0.1) is 13.2 Å². The Morgan fingerprint density at radius 2 is 2.00 bits per heavy atom. The van der Waals surface area contributed by atoms with Crippen LogP contribution in [0.1, 0.15) is 25.8 Å². The summed E-state index contributed by atoms with van der Waals surface area (Å²) in [4.78, 5) is 0. The molecule has 0 spiro atoms. The molecule has 1 aromatic carbocycles. The van der Waals surface area contributed by atoms with Crippen molar-refractivity contribution in [3.63, 3.8) is 0 Å². The summed E-state index contributed by atoms with van der Waals surface area (Å²) in [6.07, 6.45) is 1.02. The molecule has 0 atom stereocenters. The molecule has 0 aliphatic heterocycles. The lowest BCUT2D eigenvalue weighted by atomic mass is 10.2. The van der Waals surface area contributed by atoms with Crippen molar-refractivity contribution in [2.24, 2.45) is 0 Å². The maximum absolute atomic E-state index is 5.55. The quantitative estimate of drug-likeness (QED) is 0.734. The Kier molecular flexibility index (Phi) is 5.54. The second-order valence-electron chi connectivity index (χ2n) is 3.18. The lowest BCUT2D eigenvalue weighted by Crippen LogP contribution is -1.98. The normalized spacial score (nSPS) is 10.1. The molecule has 0 saturated heterocycles. The fourth-order valence-corrected chi connectivity index (χ4v) is 1.71. The molecule has 0 aliphatic carbocycles. The molecule has 0 aromatic heterocycles. The van der Waals surface area contributed by atoms with E-state index in [9.17, 15) is 0 Å². The highest BCUT2D eigenvalue weighted by atomic mass is 79.9. The van der Waals surface area contributed by atoms with E-state index in [2.05, 4.69) is 22.9 Å². The maximum atomic E-state index is 5.55. The molecule has 0 aliphatic rings. The van der Waals surface area contributed by atoms with Gasteiger partial charge in [-0.1, -0.05) is 28.9 Å². The van der Waals surface area contributed by atoms with Gasteiger partial charge in [0.2, 0.25) is 0 Å². The fraction of sp³-hybridized carbons (Fsp3) is 0.500. The van der Waals surface area contributed by atoms with Gasteiger partial charge in [0.25, 0.3) is 0 Å². The summed E-state index contributed by atoms with van der Waals surface area (Å²) in [5.74, 6) is 1.79. The van der Waals surface area contributed by atoms with Gasteiger partial charge in [-0.15, -0.1) is 0 Å². The molecule has 0 N–H and O–H groups in total. The van der Waals surface area contributed by atoms with Gasteiger partial charge in [-0.3, -0.25) is 0 Å². The van der Waals surface area contributed by atoms with Gasteiger partial charge in [-0.05, 0) is 19.4 Å². The molecule has 0 heterocycles. The van der Waals surface area contributed by atoms with Crippen LogP contribution in [-0.2, 0) is 5.33 Å². The Balaban J connectivity index is 2.79. The monoisotopic (exact) mass is 272 g/mol. The first-order valence-corrected chi connectivity index (χ1v) is 6.38. The minimum absolute atomic E-state index is 0.678. The van der Waals surface area contributed by atoms with Crippen molar-refractivity contribution in [3.05, 3.63) is 23.8 Å². The largest absolute Gasteiger partial charge is 0.493 e. The third-order valence-corrected chi connectivity index (χ3v) is 2.56. The first kappa shape index (κ1) is 12.4. The van der Waals surface area contributed by atoms with E-state index in [1.165, 1.54) is 0 Å². The minimum atomic E-state index is 0.678. The average molecular weight is 273 g/mol. The average Bonchev–Trinajstić information content (AvgIpc) is 2.27. The lowest BCUT2D eigenvalue weighted by Gasteiger charge is -2.11. The number of hydrogen-bond donors (Lipinski definition) is 0. The third kappa shape index (κ3) is 3.74. The Morgan fingerprint density at radius 1 is 1.20 bits per heavy atom. The number of benzene rings is 1. The molecular weight excluding hydrogens is 256 g/mol. The van der Waals surface area contributed by atoms with Crippen LogP contribution >= 0.6 is 15.9 Å². The number of hydrogen-bond acceptors (Lipinski definition) is 2. The van der Waals surface area contributed by atoms with E-state index in [-0.39, 0.29) is 0 Å². The number of alkyl halides is 1. The van der Waals surface area contributed by atoms with E-state index < -0.39 is 0 Å². The van der Waals surface area contributed by atoms with Crippen LogP contribution in [0.3, 0.4) is 0 Å². The zero-order valence-corrected chi connectivity index (χ0v) is 10.8. The van der Waals surface area contributed by atoms with Crippen molar-refractivity contribution in [2.75, 3.05) is 13.2 Å². The van der Waals surface area contributed by atoms with Gasteiger partial charge < -0.3 is 9.47 Å². The van der Waals surface area contributed by atoms with Crippen molar-refractivity contribution in [2.45, 2.75) is 25.6 Å². The predicted octanol–water partition coefficient (Wildman–Crippen LogP) is 3.77. The van der Waals surface area contributed by atoms with Crippen molar-refractivity contribution >= 4 is 15.9 Å². The van der Waals surface area contributed by atoms with Crippen LogP contribution in [0.15, 0.2) is 18.2 Å². The second-order valence-corrected chi connectivity index (χ2v) is 3.75. The van der Waals surface area contributed by atoms with E-state index >= 15 is 0 Å². The number of rotatable bonds is 6. The molecule has 0 fully saturated rings. The SMILES string of the molecule is CCCOc1ccc(CBr)c(OCC)c1. The highest BCUT2D eigenvalue weighted by Crippen LogP contribution is 2.26. The molecule has 0 unspecified atom stereocenters. The van der Waals surface area contributed by atoms with Gasteiger partial charge in [0.1, 0.15) is 11.5 Å². The van der Waals surface area contributed by atoms with E-state index in [1.54, 1.807) is 0 Å². The number of ether oxygens (including phenoxy) is 2. The summed E-state index contributed by atoms with van der Waals surface area (Å²) >= 11 is 3.43. The standard InChI is InChI=1S/C12H17BrO2/c1-3-7-15-11-6-5-10(9-13)12(8-11)14-4-2/h5-6,8H,3-4,7,9H2,1-2H3. The number of halogens is 1. The van der Waals surface area contributed by atoms with Crippen LogP contribution in [0.25, 0.3) is 0 Å². The molecule has 0 radical (unpaired) electrons. The zero-order valence-electron chi connectivity index (χ0n) is 9.25. The Morgan fingerprint density at radius 3 is 2.60 bits per heavy atom. The first-order chi connectivity index (χ1) is 7.31. The maximum Gasteiger partial charge on any atom is 0.127 e. The van der Waals surface area contributed by atoms with E-state index in [4.69, 9.17) is 9.47 Å². The van der Waals surface area contributed by atoms with E-state index in [1.807, 2.05) is 25.1 Å². The van der Waals surface area contributed by atoms with Crippen LogP contribution in [-0.4, -0.2) is 13.2 Å². The molecule has 0 saturated carbocycles. The molecule has 1 aromatic rings. The summed E-state index contributed by atoms with van der Waals surface area (Å²) in [5.41, 5.74) is 1.15. The summed E-state index contributed by atoms with van der Waals surface area (Å²) in [6.45, 7) is 5.50. The lowest BCUT2D eigenvalue weighted by molar-refractivity contribution is 0.308. The Hall–Kier alpha value is -0.700. The molecular formula is C12H17BrO2. The molecule has 2 nitrogen and oxygen atoms in total. The topological polar surface area (TPSA) is 18.5 Å². The van der Waals surface area contributed by atoms with Crippen molar-refractivity contribution in [1.29, 1.82) is 0 Å². The van der Waals surface area contributed by atoms with Crippen LogP contribution in [0.2, 0.25) is 0 Å². The molecule has 0 amide bonds. The van der Waals surface area contributed by atoms with Gasteiger partial charge in [0.15, 0.2) is 0 Å². The van der Waals surface area contributed by atoms with E-state index in [0.717, 1.165) is 35.4 Å². The Labute approximate surface area is 99.7 Å². The van der Waals surface area contributed by atoms with Crippen LogP contribution < -0.4 is 9.47 Å². The van der Waals surface area contributed by atoms with Crippen molar-refractivity contribution in [1.82, 2.24) is 0 Å². The highest BCUT2D eigenvalue weighted by molar-refractivity contribution is 9.08. The van der Waals surface area contributed by atoms with E-state index in [0.29, 0.717) is 6.61 Å². The van der Waals surface area contributed by atoms with Gasteiger partial charge in [-0.25, -0.2) is 0 Å². The highest BCUT2D eigenvalue weighted by Gasteiger charge is 2.04. The third-order valence-electron chi connectivity index (χ3n) is 1.96. The van der Waals surface area contributed by atoms with Gasteiger partial charge in [-0.2, -0.15) is 0 Å². The van der Waals surface area contributed by atoms with Crippen molar-refractivity contribution < 1.29 is 9.47 Å². The summed E-state index contributed by atoms with van der Waals surface area (Å²) in [6, 6.07) is 5.97. The molecule has 84 valence electrons. The predicted molar refractivity (Wildman–Crippen MR) is 66.0 cm³/mol. The van der Waals surface area contributed by atoms with Crippen LogP contribution in [0.4, 0.5) is 0 Å². The first-order valence-electron chi connectivity index (χ1n) is 5.26. The van der Waals surface area contributed by atoms with Crippen LogP contribution in [0.5, 0.6) is 11.5 Å². The fourth-order valence-electron chi connectivity index (χ4n) is 1.24. The summed E-state index contributed by atoms with van der Waals surface area (Å²) in [7, 11) is 0. The smallest absolute Gasteiger partial charge is 0.127 e. The molecule has 15 heavy (non-hydrogen) atoms. The molecule has 3 heteroatoms.